The smallest absolute Gasteiger partial charge is 0.215 e. The highest BCUT2D eigenvalue weighted by atomic mass is 16.5. The van der Waals surface area contributed by atoms with Gasteiger partial charge in [0.25, 0.3) is 0 Å². The van der Waals surface area contributed by atoms with Crippen LogP contribution < -0.4 is 4.74 Å². The van der Waals surface area contributed by atoms with Crippen LogP contribution in [0.15, 0.2) is 12.1 Å². The number of nitrogens with zero attached hydrogens (tertiary/aromatic N) is 2. The predicted molar refractivity (Wildman–Crippen MR) is 68.3 cm³/mol. The molecule has 0 aliphatic rings. The maximum Gasteiger partial charge on any atom is 0.215 e. The second-order valence-electron chi connectivity index (χ2n) is 4.09. The summed E-state index contributed by atoms with van der Waals surface area (Å²) in [7, 11) is 0. The minimum absolute atomic E-state index is 0.631. The molecule has 0 atom stereocenters. The van der Waals surface area contributed by atoms with Gasteiger partial charge in [-0.15, -0.1) is 0 Å². The molecule has 2 aromatic rings. The minimum atomic E-state index is 0.631. The first-order valence-electron chi connectivity index (χ1n) is 6.32. The third-order valence-electron chi connectivity index (χ3n) is 2.68. The van der Waals surface area contributed by atoms with Gasteiger partial charge in [-0.2, -0.15) is 4.98 Å². The molecule has 0 aliphatic heterocycles. The fraction of sp³-hybridized carbons (Fsp3) is 0.538. The monoisotopic (exact) mass is 233 g/mol. The van der Waals surface area contributed by atoms with E-state index >= 15 is 0 Å². The summed E-state index contributed by atoms with van der Waals surface area (Å²) in [6, 6.07) is 3.85. The summed E-state index contributed by atoms with van der Waals surface area (Å²) in [4.78, 5) is 12.1. The summed E-state index contributed by atoms with van der Waals surface area (Å²) in [6.45, 7) is 4.79. The summed E-state index contributed by atoms with van der Waals surface area (Å²) in [5, 5.41) is 0. The standard InChI is InChI=1S/C13H19N3O/c1-3-5-6-7-11-14-10-8-9-12(17-4-2)16-13(10)15-11/h8-9H,3-7H2,1-2H3,(H,14,15,16). The van der Waals surface area contributed by atoms with Crippen molar-refractivity contribution in [2.45, 2.75) is 39.5 Å². The van der Waals surface area contributed by atoms with E-state index in [1.54, 1.807) is 0 Å². The van der Waals surface area contributed by atoms with Gasteiger partial charge in [-0.05, 0) is 19.4 Å². The Morgan fingerprint density at radius 1 is 1.18 bits per heavy atom. The van der Waals surface area contributed by atoms with Crippen molar-refractivity contribution in [2.24, 2.45) is 0 Å². The van der Waals surface area contributed by atoms with Gasteiger partial charge >= 0.3 is 0 Å². The van der Waals surface area contributed by atoms with Crippen LogP contribution in [-0.4, -0.2) is 21.6 Å². The third kappa shape index (κ3) is 2.96. The zero-order valence-electron chi connectivity index (χ0n) is 10.5. The van der Waals surface area contributed by atoms with Gasteiger partial charge in [0, 0.05) is 12.5 Å². The fourth-order valence-corrected chi connectivity index (χ4v) is 1.81. The first kappa shape index (κ1) is 11.9. The van der Waals surface area contributed by atoms with E-state index in [1.807, 2.05) is 19.1 Å². The Kier molecular flexibility index (Phi) is 3.96. The molecule has 4 heteroatoms. The van der Waals surface area contributed by atoms with Crippen molar-refractivity contribution in [3.8, 4) is 5.88 Å². The Balaban J connectivity index is 2.12. The van der Waals surface area contributed by atoms with E-state index in [-0.39, 0.29) is 0 Å². The van der Waals surface area contributed by atoms with Crippen LogP contribution >= 0.6 is 0 Å². The van der Waals surface area contributed by atoms with Crippen molar-refractivity contribution in [3.05, 3.63) is 18.0 Å². The van der Waals surface area contributed by atoms with Gasteiger partial charge in [-0.3, -0.25) is 0 Å². The van der Waals surface area contributed by atoms with E-state index < -0.39 is 0 Å². The van der Waals surface area contributed by atoms with Crippen LogP contribution in [0.2, 0.25) is 0 Å². The average molecular weight is 233 g/mol. The molecule has 0 aromatic carbocycles. The van der Waals surface area contributed by atoms with Gasteiger partial charge in [-0.1, -0.05) is 19.8 Å². The third-order valence-corrected chi connectivity index (χ3v) is 2.68. The lowest BCUT2D eigenvalue weighted by Crippen LogP contribution is -1.93. The number of fused-ring (bicyclic) bond motifs is 1. The van der Waals surface area contributed by atoms with E-state index in [1.165, 1.54) is 19.3 Å². The predicted octanol–water partition coefficient (Wildman–Crippen LogP) is 3.09. The summed E-state index contributed by atoms with van der Waals surface area (Å²) in [5.41, 5.74) is 1.74. The molecule has 0 radical (unpaired) electrons. The number of aromatic nitrogens is 3. The lowest BCUT2D eigenvalue weighted by Gasteiger charge is -1.99. The van der Waals surface area contributed by atoms with Crippen molar-refractivity contribution < 1.29 is 4.74 Å². The minimum Gasteiger partial charge on any atom is -0.478 e. The number of unbranched alkanes of at least 4 members (excludes halogenated alkanes) is 2. The van der Waals surface area contributed by atoms with Gasteiger partial charge in [0.15, 0.2) is 5.65 Å². The van der Waals surface area contributed by atoms with E-state index in [4.69, 9.17) is 4.74 Å². The summed E-state index contributed by atoms with van der Waals surface area (Å²) < 4.78 is 5.36. The van der Waals surface area contributed by atoms with Crippen molar-refractivity contribution >= 4 is 11.2 Å². The van der Waals surface area contributed by atoms with E-state index in [0.29, 0.717) is 12.5 Å². The molecule has 2 aromatic heterocycles. The maximum absolute atomic E-state index is 5.36. The number of imidazole rings is 1. The molecule has 1 N–H and O–H groups in total. The average Bonchev–Trinajstić information content (AvgIpc) is 2.72. The van der Waals surface area contributed by atoms with E-state index in [0.717, 1.165) is 23.4 Å². The summed E-state index contributed by atoms with van der Waals surface area (Å²) >= 11 is 0. The number of nitrogens with one attached hydrogen (secondary N) is 1. The lowest BCUT2D eigenvalue weighted by atomic mass is 10.2. The number of pyridine rings is 1. The van der Waals surface area contributed by atoms with Crippen LogP contribution in [-0.2, 0) is 6.42 Å². The normalized spacial score (nSPS) is 10.9. The number of H-pyrrole nitrogens is 1. The molecule has 0 unspecified atom stereocenters. The molecule has 4 nitrogen and oxygen atoms in total. The van der Waals surface area contributed by atoms with Crippen LogP contribution in [0.25, 0.3) is 11.2 Å². The topological polar surface area (TPSA) is 50.8 Å². The molecule has 92 valence electrons. The SMILES string of the molecule is CCCCCc1nc2nc(OCC)ccc2[nH]1. The van der Waals surface area contributed by atoms with Gasteiger partial charge in [0.1, 0.15) is 5.82 Å². The first-order chi connectivity index (χ1) is 8.33. The summed E-state index contributed by atoms with van der Waals surface area (Å²) in [5.74, 6) is 1.67. The molecule has 0 amide bonds. The van der Waals surface area contributed by atoms with Gasteiger partial charge in [-0.25, -0.2) is 4.98 Å². The Hall–Kier alpha value is -1.58. The van der Waals surface area contributed by atoms with Gasteiger partial charge in [0.2, 0.25) is 5.88 Å². The van der Waals surface area contributed by atoms with E-state index in [2.05, 4.69) is 21.9 Å². The molecular weight excluding hydrogens is 214 g/mol. The maximum atomic E-state index is 5.36. The molecule has 17 heavy (non-hydrogen) atoms. The number of aryl methyl sites for hydroxylation is 1. The van der Waals surface area contributed by atoms with Crippen molar-refractivity contribution in [1.29, 1.82) is 0 Å². The van der Waals surface area contributed by atoms with Gasteiger partial charge in [0.05, 0.1) is 12.1 Å². The summed E-state index contributed by atoms with van der Waals surface area (Å²) in [6.07, 6.45) is 4.64. The van der Waals surface area contributed by atoms with Crippen molar-refractivity contribution in [1.82, 2.24) is 15.0 Å². The van der Waals surface area contributed by atoms with Crippen LogP contribution in [0.1, 0.15) is 38.9 Å². The number of ether oxygens (including phenoxy) is 1. The molecule has 0 fully saturated rings. The van der Waals surface area contributed by atoms with Crippen LogP contribution in [0, 0.1) is 0 Å². The Morgan fingerprint density at radius 2 is 2.06 bits per heavy atom. The molecular formula is C13H19N3O. The molecule has 2 rings (SSSR count). The number of rotatable bonds is 6. The van der Waals surface area contributed by atoms with Crippen molar-refractivity contribution in [3.63, 3.8) is 0 Å². The zero-order chi connectivity index (χ0) is 12.1. The van der Waals surface area contributed by atoms with Gasteiger partial charge < -0.3 is 9.72 Å². The molecule has 0 spiro atoms. The van der Waals surface area contributed by atoms with Crippen LogP contribution in [0.5, 0.6) is 5.88 Å². The number of hydrogen-bond donors (Lipinski definition) is 1. The Bertz CT molecular complexity index is 478. The quantitative estimate of drug-likeness (QED) is 0.780. The highest BCUT2D eigenvalue weighted by Gasteiger charge is 2.05. The highest BCUT2D eigenvalue weighted by Crippen LogP contribution is 2.15. The van der Waals surface area contributed by atoms with Crippen LogP contribution in [0.3, 0.4) is 0 Å². The molecule has 0 aliphatic carbocycles. The first-order valence-corrected chi connectivity index (χ1v) is 6.32. The van der Waals surface area contributed by atoms with Crippen molar-refractivity contribution in [2.75, 3.05) is 6.61 Å². The molecule has 0 bridgehead atoms. The van der Waals surface area contributed by atoms with E-state index in [9.17, 15) is 0 Å². The Morgan fingerprint density at radius 3 is 2.82 bits per heavy atom. The highest BCUT2D eigenvalue weighted by molar-refractivity contribution is 5.71. The fourth-order valence-electron chi connectivity index (χ4n) is 1.81. The largest absolute Gasteiger partial charge is 0.478 e. The van der Waals surface area contributed by atoms with Crippen LogP contribution in [0.4, 0.5) is 0 Å². The zero-order valence-corrected chi connectivity index (χ0v) is 10.5. The number of hydrogen-bond acceptors (Lipinski definition) is 3. The molecule has 2 heterocycles. The second kappa shape index (κ2) is 5.66. The number of aromatic amines is 1. The second-order valence-corrected chi connectivity index (χ2v) is 4.09. The Labute approximate surface area is 101 Å². The lowest BCUT2D eigenvalue weighted by molar-refractivity contribution is 0.328. The molecule has 0 saturated heterocycles. The molecule has 0 saturated carbocycles.